The van der Waals surface area contributed by atoms with E-state index in [9.17, 15) is 0 Å². The fraction of sp³-hybridized carbons (Fsp3) is 1.00. The van der Waals surface area contributed by atoms with E-state index < -0.39 is 0 Å². The van der Waals surface area contributed by atoms with Gasteiger partial charge in [0.2, 0.25) is 0 Å². The molecule has 0 bridgehead atoms. The number of methoxy groups -OCH3 is 2. The quantitative estimate of drug-likeness (QED) is 0.595. The third-order valence-electron chi connectivity index (χ3n) is 6.45. The lowest BCUT2D eigenvalue weighted by Crippen LogP contribution is -2.47. The van der Waals surface area contributed by atoms with Gasteiger partial charge in [-0.1, -0.05) is 51.4 Å². The van der Waals surface area contributed by atoms with E-state index in [1.54, 1.807) is 0 Å². The van der Waals surface area contributed by atoms with Gasteiger partial charge in [-0.15, -0.1) is 0 Å². The van der Waals surface area contributed by atoms with Crippen molar-refractivity contribution in [3.05, 3.63) is 0 Å². The van der Waals surface area contributed by atoms with Crippen LogP contribution in [0.2, 0.25) is 0 Å². The normalized spacial score (nSPS) is 23.6. The Hall–Kier alpha value is -0.120. The Morgan fingerprint density at radius 1 is 0.750 bits per heavy atom. The van der Waals surface area contributed by atoms with Gasteiger partial charge in [0.05, 0.1) is 25.4 Å². The highest BCUT2D eigenvalue weighted by atomic mass is 16.5. The van der Waals surface area contributed by atoms with Crippen LogP contribution in [0.3, 0.4) is 0 Å². The second-order valence-corrected chi connectivity index (χ2v) is 8.57. The van der Waals surface area contributed by atoms with Gasteiger partial charge in [0.15, 0.2) is 0 Å². The summed E-state index contributed by atoms with van der Waals surface area (Å²) >= 11 is 0. The minimum atomic E-state index is 0.0231. The Balaban J connectivity index is 2.04. The highest BCUT2D eigenvalue weighted by molar-refractivity contribution is 4.90. The molecule has 0 unspecified atom stereocenters. The maximum absolute atomic E-state index is 6.67. The summed E-state index contributed by atoms with van der Waals surface area (Å²) in [6.45, 7) is 4.63. The van der Waals surface area contributed by atoms with Crippen LogP contribution in [-0.2, 0) is 14.2 Å². The number of hydrogen-bond acceptors (Lipinski definition) is 3. The predicted octanol–water partition coefficient (Wildman–Crippen LogP) is 5.37. The molecule has 0 saturated heterocycles. The standard InChI is InChI=1S/C21H40O3/c1-20(14-10-5-4-6-11-15-20)24-18-21(16-22-2,17-23-3)19-12-8-7-9-13-19/h19H,4-18H2,1-3H3. The van der Waals surface area contributed by atoms with Gasteiger partial charge >= 0.3 is 0 Å². The van der Waals surface area contributed by atoms with Gasteiger partial charge in [-0.05, 0) is 38.5 Å². The van der Waals surface area contributed by atoms with Crippen molar-refractivity contribution >= 4 is 0 Å². The topological polar surface area (TPSA) is 27.7 Å². The molecule has 0 aromatic rings. The molecule has 0 radical (unpaired) electrons. The lowest BCUT2D eigenvalue weighted by Gasteiger charge is -2.44. The molecule has 3 nitrogen and oxygen atoms in total. The third kappa shape index (κ3) is 5.71. The van der Waals surface area contributed by atoms with E-state index in [-0.39, 0.29) is 11.0 Å². The predicted molar refractivity (Wildman–Crippen MR) is 99.4 cm³/mol. The molecule has 2 fully saturated rings. The molecular weight excluding hydrogens is 300 g/mol. The van der Waals surface area contributed by atoms with Crippen LogP contribution in [0.1, 0.15) is 84.0 Å². The molecule has 142 valence electrons. The fourth-order valence-corrected chi connectivity index (χ4v) is 4.88. The van der Waals surface area contributed by atoms with Crippen molar-refractivity contribution in [2.24, 2.45) is 11.3 Å². The molecule has 0 amide bonds. The second-order valence-electron chi connectivity index (χ2n) is 8.57. The smallest absolute Gasteiger partial charge is 0.0654 e. The van der Waals surface area contributed by atoms with Gasteiger partial charge in [-0.3, -0.25) is 0 Å². The molecule has 3 heteroatoms. The molecule has 0 heterocycles. The molecule has 0 atom stereocenters. The van der Waals surface area contributed by atoms with Crippen LogP contribution in [0.4, 0.5) is 0 Å². The lowest BCUT2D eigenvalue weighted by molar-refractivity contribution is -0.141. The molecule has 2 aliphatic rings. The molecule has 2 aliphatic carbocycles. The molecular formula is C21H40O3. The minimum absolute atomic E-state index is 0.0231. The summed E-state index contributed by atoms with van der Waals surface area (Å²) in [5.74, 6) is 0.670. The molecule has 0 aliphatic heterocycles. The van der Waals surface area contributed by atoms with Crippen LogP contribution in [0.15, 0.2) is 0 Å². The van der Waals surface area contributed by atoms with E-state index in [0.29, 0.717) is 5.92 Å². The third-order valence-corrected chi connectivity index (χ3v) is 6.45. The average Bonchev–Trinajstić information content (AvgIpc) is 2.58. The Morgan fingerprint density at radius 2 is 1.25 bits per heavy atom. The summed E-state index contributed by atoms with van der Waals surface area (Å²) in [7, 11) is 3.65. The average molecular weight is 341 g/mol. The zero-order valence-electron chi connectivity index (χ0n) is 16.4. The molecule has 2 saturated carbocycles. The maximum Gasteiger partial charge on any atom is 0.0654 e. The first-order valence-corrected chi connectivity index (χ1v) is 10.3. The monoisotopic (exact) mass is 340 g/mol. The van der Waals surface area contributed by atoms with Crippen molar-refractivity contribution in [3.63, 3.8) is 0 Å². The molecule has 0 aromatic carbocycles. The lowest BCUT2D eigenvalue weighted by atomic mass is 9.69. The van der Waals surface area contributed by atoms with Crippen LogP contribution in [0, 0.1) is 11.3 Å². The van der Waals surface area contributed by atoms with Crippen molar-refractivity contribution in [2.75, 3.05) is 34.0 Å². The zero-order valence-corrected chi connectivity index (χ0v) is 16.4. The summed E-state index contributed by atoms with van der Waals surface area (Å²) in [6.07, 6.45) is 15.8. The highest BCUT2D eigenvalue weighted by Gasteiger charge is 2.42. The number of ether oxygens (including phenoxy) is 3. The molecule has 0 N–H and O–H groups in total. The Morgan fingerprint density at radius 3 is 1.79 bits per heavy atom. The summed E-state index contributed by atoms with van der Waals surface area (Å²) in [5.41, 5.74) is 0.0666. The number of rotatable bonds is 8. The van der Waals surface area contributed by atoms with Crippen molar-refractivity contribution in [1.82, 2.24) is 0 Å². The van der Waals surface area contributed by atoms with Crippen molar-refractivity contribution in [3.8, 4) is 0 Å². The van der Waals surface area contributed by atoms with Gasteiger partial charge in [0.25, 0.3) is 0 Å². The summed E-state index contributed by atoms with van der Waals surface area (Å²) in [4.78, 5) is 0. The molecule has 0 spiro atoms. The van der Waals surface area contributed by atoms with E-state index in [1.165, 1.54) is 77.0 Å². The molecule has 24 heavy (non-hydrogen) atoms. The zero-order chi connectivity index (χ0) is 17.3. The van der Waals surface area contributed by atoms with Crippen LogP contribution in [0.5, 0.6) is 0 Å². The van der Waals surface area contributed by atoms with E-state index in [4.69, 9.17) is 14.2 Å². The second kappa shape index (κ2) is 10.1. The first kappa shape index (κ1) is 20.2. The van der Waals surface area contributed by atoms with Crippen molar-refractivity contribution in [1.29, 1.82) is 0 Å². The van der Waals surface area contributed by atoms with E-state index >= 15 is 0 Å². The van der Waals surface area contributed by atoms with Crippen LogP contribution >= 0.6 is 0 Å². The van der Waals surface area contributed by atoms with Gasteiger partial charge in [0, 0.05) is 19.6 Å². The van der Waals surface area contributed by atoms with Crippen molar-refractivity contribution < 1.29 is 14.2 Å². The Kier molecular flexibility index (Phi) is 8.53. The van der Waals surface area contributed by atoms with E-state index in [0.717, 1.165) is 19.8 Å². The Labute approximate surface area is 149 Å². The summed E-state index contributed by atoms with van der Waals surface area (Å²) in [5, 5.41) is 0. The summed E-state index contributed by atoms with van der Waals surface area (Å²) < 4.78 is 18.0. The van der Waals surface area contributed by atoms with Crippen LogP contribution < -0.4 is 0 Å². The van der Waals surface area contributed by atoms with Crippen molar-refractivity contribution in [2.45, 2.75) is 89.6 Å². The largest absolute Gasteiger partial charge is 0.384 e. The first-order chi connectivity index (χ1) is 11.6. The van der Waals surface area contributed by atoms with E-state index in [1.807, 2.05) is 14.2 Å². The van der Waals surface area contributed by atoms with Gasteiger partial charge in [-0.25, -0.2) is 0 Å². The fourth-order valence-electron chi connectivity index (χ4n) is 4.88. The Bertz CT molecular complexity index is 322. The molecule has 0 aromatic heterocycles. The van der Waals surface area contributed by atoms with Gasteiger partial charge in [0.1, 0.15) is 0 Å². The maximum atomic E-state index is 6.67. The number of hydrogen-bond donors (Lipinski definition) is 0. The van der Waals surface area contributed by atoms with Gasteiger partial charge < -0.3 is 14.2 Å². The molecule has 2 rings (SSSR count). The van der Waals surface area contributed by atoms with Crippen LogP contribution in [0.25, 0.3) is 0 Å². The highest BCUT2D eigenvalue weighted by Crippen LogP contribution is 2.41. The SMILES string of the molecule is COCC(COC)(COC1(C)CCCCCCC1)C1CCCCC1. The summed E-state index contributed by atoms with van der Waals surface area (Å²) in [6, 6.07) is 0. The van der Waals surface area contributed by atoms with E-state index in [2.05, 4.69) is 6.92 Å². The van der Waals surface area contributed by atoms with Gasteiger partial charge in [-0.2, -0.15) is 0 Å². The first-order valence-electron chi connectivity index (χ1n) is 10.3. The minimum Gasteiger partial charge on any atom is -0.384 e. The van der Waals surface area contributed by atoms with Crippen LogP contribution in [-0.4, -0.2) is 39.6 Å².